The molecule has 0 radical (unpaired) electrons. The zero-order valence-corrected chi connectivity index (χ0v) is 12.2. The molecule has 0 aliphatic heterocycles. The Morgan fingerprint density at radius 2 is 2.15 bits per heavy atom. The van der Waals surface area contributed by atoms with Crippen LogP contribution in [0.25, 0.3) is 5.82 Å². The van der Waals surface area contributed by atoms with Gasteiger partial charge in [0.05, 0.1) is 5.02 Å². The third kappa shape index (κ3) is 3.08. The third-order valence-electron chi connectivity index (χ3n) is 2.28. The summed E-state index contributed by atoms with van der Waals surface area (Å²) >= 11 is 6.06. The van der Waals surface area contributed by atoms with Gasteiger partial charge in [-0.15, -0.1) is 5.10 Å². The van der Waals surface area contributed by atoms with Crippen LogP contribution in [0.5, 0.6) is 0 Å². The van der Waals surface area contributed by atoms with Gasteiger partial charge in [0.2, 0.25) is 0 Å². The first-order chi connectivity index (χ1) is 9.28. The minimum absolute atomic E-state index is 0.179. The SMILES string of the molecule is CC(C)(C)OC(=O)c1cc(N)nn1-c1ncccc1Cl. The largest absolute Gasteiger partial charge is 0.455 e. The molecule has 2 N–H and O–H groups in total. The second kappa shape index (κ2) is 5.13. The topological polar surface area (TPSA) is 83.0 Å². The second-order valence-electron chi connectivity index (χ2n) is 5.18. The Morgan fingerprint density at radius 3 is 2.75 bits per heavy atom. The lowest BCUT2D eigenvalue weighted by atomic mass is 10.2. The molecule has 0 saturated carbocycles. The van der Waals surface area contributed by atoms with Crippen molar-refractivity contribution in [3.8, 4) is 5.82 Å². The summed E-state index contributed by atoms with van der Waals surface area (Å²) in [6, 6.07) is 4.77. The van der Waals surface area contributed by atoms with Crippen molar-refractivity contribution in [2.75, 3.05) is 5.73 Å². The van der Waals surface area contributed by atoms with Crippen molar-refractivity contribution >= 4 is 23.4 Å². The van der Waals surface area contributed by atoms with Crippen molar-refractivity contribution in [3.63, 3.8) is 0 Å². The van der Waals surface area contributed by atoms with E-state index in [4.69, 9.17) is 22.1 Å². The number of pyridine rings is 1. The summed E-state index contributed by atoms with van der Waals surface area (Å²) in [5, 5.41) is 4.40. The van der Waals surface area contributed by atoms with Crippen LogP contribution in [0, 0.1) is 0 Å². The Balaban J connectivity index is 2.46. The molecular formula is C13H15ClN4O2. The average Bonchev–Trinajstić information content (AvgIpc) is 2.69. The molecule has 0 bridgehead atoms. The number of ether oxygens (including phenoxy) is 1. The Labute approximate surface area is 121 Å². The molecule has 7 heteroatoms. The fraction of sp³-hybridized carbons (Fsp3) is 0.308. The summed E-state index contributed by atoms with van der Waals surface area (Å²) in [4.78, 5) is 16.3. The standard InChI is InChI=1S/C13H15ClN4O2/c1-13(2,3)20-12(19)9-7-10(15)17-18(9)11-8(14)5-4-6-16-11/h4-7H,1-3H3,(H2,15,17). The van der Waals surface area contributed by atoms with Gasteiger partial charge in [0.15, 0.2) is 11.5 Å². The Morgan fingerprint density at radius 1 is 1.45 bits per heavy atom. The molecule has 106 valence electrons. The number of nitrogens with zero attached hydrogens (tertiary/aromatic N) is 3. The molecule has 20 heavy (non-hydrogen) atoms. The van der Waals surface area contributed by atoms with E-state index in [-0.39, 0.29) is 11.5 Å². The summed E-state index contributed by atoms with van der Waals surface area (Å²) in [6.45, 7) is 5.34. The van der Waals surface area contributed by atoms with Crippen LogP contribution in [0.2, 0.25) is 5.02 Å². The fourth-order valence-corrected chi connectivity index (χ4v) is 1.77. The molecule has 0 aromatic carbocycles. The first-order valence-electron chi connectivity index (χ1n) is 5.98. The summed E-state index contributed by atoms with van der Waals surface area (Å²) < 4.78 is 6.60. The van der Waals surface area contributed by atoms with Crippen molar-refractivity contribution in [2.45, 2.75) is 26.4 Å². The lowest BCUT2D eigenvalue weighted by molar-refractivity contribution is 0.00592. The van der Waals surface area contributed by atoms with E-state index >= 15 is 0 Å². The molecule has 2 rings (SSSR count). The summed E-state index contributed by atoms with van der Waals surface area (Å²) in [6.07, 6.45) is 1.55. The first kappa shape index (κ1) is 14.3. The predicted octanol–water partition coefficient (Wildman–Crippen LogP) is 2.46. The first-order valence-corrected chi connectivity index (χ1v) is 6.35. The predicted molar refractivity (Wildman–Crippen MR) is 75.9 cm³/mol. The molecule has 2 aromatic heterocycles. The molecule has 0 amide bonds. The molecule has 0 unspecified atom stereocenters. The van der Waals surface area contributed by atoms with E-state index in [9.17, 15) is 4.79 Å². The number of aromatic nitrogens is 3. The molecule has 0 fully saturated rings. The molecular weight excluding hydrogens is 280 g/mol. The van der Waals surface area contributed by atoms with Crippen LogP contribution in [0.4, 0.5) is 5.82 Å². The van der Waals surface area contributed by atoms with E-state index in [0.29, 0.717) is 10.8 Å². The number of halogens is 1. The highest BCUT2D eigenvalue weighted by molar-refractivity contribution is 6.32. The highest BCUT2D eigenvalue weighted by Crippen LogP contribution is 2.21. The molecule has 6 nitrogen and oxygen atoms in total. The number of carbonyl (C=O) groups is 1. The summed E-state index contributed by atoms with van der Waals surface area (Å²) in [5.74, 6) is -0.0253. The highest BCUT2D eigenvalue weighted by Gasteiger charge is 2.24. The highest BCUT2D eigenvalue weighted by atomic mass is 35.5. The molecule has 0 saturated heterocycles. The van der Waals surface area contributed by atoms with Gasteiger partial charge in [-0.05, 0) is 32.9 Å². The van der Waals surface area contributed by atoms with Gasteiger partial charge in [0.1, 0.15) is 11.4 Å². The van der Waals surface area contributed by atoms with Crippen molar-refractivity contribution in [3.05, 3.63) is 35.1 Å². The Bertz CT molecular complexity index is 646. The number of hydrogen-bond donors (Lipinski definition) is 1. The van der Waals surface area contributed by atoms with Crippen molar-refractivity contribution in [2.24, 2.45) is 0 Å². The van der Waals surface area contributed by atoms with E-state index in [0.717, 1.165) is 0 Å². The molecule has 0 atom stereocenters. The van der Waals surface area contributed by atoms with Crippen LogP contribution >= 0.6 is 11.6 Å². The molecule has 2 aromatic rings. The van der Waals surface area contributed by atoms with E-state index in [1.807, 2.05) is 0 Å². The van der Waals surface area contributed by atoms with Crippen molar-refractivity contribution < 1.29 is 9.53 Å². The molecule has 2 heterocycles. The summed E-state index contributed by atoms with van der Waals surface area (Å²) in [5.41, 5.74) is 5.22. The third-order valence-corrected chi connectivity index (χ3v) is 2.57. The van der Waals surface area contributed by atoms with E-state index in [1.54, 1.807) is 39.1 Å². The van der Waals surface area contributed by atoms with Gasteiger partial charge in [0.25, 0.3) is 0 Å². The minimum atomic E-state index is -0.616. The normalized spacial score (nSPS) is 11.4. The van der Waals surface area contributed by atoms with Crippen LogP contribution in [0.3, 0.4) is 0 Å². The monoisotopic (exact) mass is 294 g/mol. The minimum Gasteiger partial charge on any atom is -0.455 e. The number of nitrogens with two attached hydrogens (primary N) is 1. The van der Waals surface area contributed by atoms with Crippen LogP contribution in [0.15, 0.2) is 24.4 Å². The van der Waals surface area contributed by atoms with Crippen LogP contribution in [-0.2, 0) is 4.74 Å². The number of hydrogen-bond acceptors (Lipinski definition) is 5. The van der Waals surface area contributed by atoms with Crippen LogP contribution < -0.4 is 5.73 Å². The van der Waals surface area contributed by atoms with Gasteiger partial charge in [0, 0.05) is 12.3 Å². The van der Waals surface area contributed by atoms with Crippen LogP contribution in [-0.4, -0.2) is 26.3 Å². The zero-order valence-electron chi connectivity index (χ0n) is 11.4. The molecule has 0 aliphatic rings. The van der Waals surface area contributed by atoms with Gasteiger partial charge in [-0.2, -0.15) is 0 Å². The maximum Gasteiger partial charge on any atom is 0.357 e. The van der Waals surface area contributed by atoms with Crippen molar-refractivity contribution in [1.29, 1.82) is 0 Å². The van der Waals surface area contributed by atoms with E-state index in [1.165, 1.54) is 10.7 Å². The van der Waals surface area contributed by atoms with Gasteiger partial charge in [-0.1, -0.05) is 11.6 Å². The molecule has 0 aliphatic carbocycles. The number of esters is 1. The Kier molecular flexibility index (Phi) is 3.67. The van der Waals surface area contributed by atoms with E-state index < -0.39 is 11.6 Å². The van der Waals surface area contributed by atoms with Gasteiger partial charge in [-0.3, -0.25) is 0 Å². The van der Waals surface area contributed by atoms with Gasteiger partial charge in [-0.25, -0.2) is 14.5 Å². The van der Waals surface area contributed by atoms with E-state index in [2.05, 4.69) is 10.1 Å². The second-order valence-corrected chi connectivity index (χ2v) is 5.58. The van der Waals surface area contributed by atoms with Gasteiger partial charge >= 0.3 is 5.97 Å². The Hall–Kier alpha value is -2.08. The summed E-state index contributed by atoms with van der Waals surface area (Å²) in [7, 11) is 0. The average molecular weight is 295 g/mol. The quantitative estimate of drug-likeness (QED) is 0.860. The van der Waals surface area contributed by atoms with Crippen LogP contribution in [0.1, 0.15) is 31.3 Å². The number of nitrogen functional groups attached to an aromatic ring is 1. The zero-order chi connectivity index (χ0) is 14.9. The lowest BCUT2D eigenvalue weighted by Crippen LogP contribution is -2.25. The number of rotatable bonds is 2. The smallest absolute Gasteiger partial charge is 0.357 e. The van der Waals surface area contributed by atoms with Gasteiger partial charge < -0.3 is 10.5 Å². The maximum atomic E-state index is 12.2. The number of carbonyl (C=O) groups excluding carboxylic acids is 1. The maximum absolute atomic E-state index is 12.2. The molecule has 0 spiro atoms. The van der Waals surface area contributed by atoms with Crippen molar-refractivity contribution in [1.82, 2.24) is 14.8 Å². The number of anilines is 1. The fourth-order valence-electron chi connectivity index (χ4n) is 1.57. The lowest BCUT2D eigenvalue weighted by Gasteiger charge is -2.19.